The smallest absolute Gasteiger partial charge is 0.330 e. The topological polar surface area (TPSA) is 46.3 Å². The highest BCUT2D eigenvalue weighted by molar-refractivity contribution is 9.10. The third-order valence-electron chi connectivity index (χ3n) is 2.22. The van der Waals surface area contributed by atoms with Gasteiger partial charge in [-0.2, -0.15) is 13.2 Å². The van der Waals surface area contributed by atoms with Gasteiger partial charge in [-0.1, -0.05) is 12.1 Å². The van der Waals surface area contributed by atoms with Gasteiger partial charge in [0.2, 0.25) is 0 Å². The molecule has 0 unspecified atom stereocenters. The molecule has 1 aromatic carbocycles. The van der Waals surface area contributed by atoms with E-state index in [-0.39, 0.29) is 18.8 Å². The van der Waals surface area contributed by atoms with Gasteiger partial charge in [0, 0.05) is 11.0 Å². The first kappa shape index (κ1) is 15.0. The van der Waals surface area contributed by atoms with Gasteiger partial charge in [-0.05, 0) is 41.0 Å². The van der Waals surface area contributed by atoms with Crippen molar-refractivity contribution >= 4 is 27.5 Å². The lowest BCUT2D eigenvalue weighted by atomic mass is 10.2. The van der Waals surface area contributed by atoms with E-state index in [4.69, 9.17) is 5.73 Å². The number of anilines is 1. The first-order valence-electron chi connectivity index (χ1n) is 5.21. The predicted octanol–water partition coefficient (Wildman–Crippen LogP) is 2.69. The third kappa shape index (κ3) is 3.71. The zero-order valence-corrected chi connectivity index (χ0v) is 11.0. The number of carbonyl (C=O) groups excluding carboxylic acids is 1. The van der Waals surface area contributed by atoms with Crippen molar-refractivity contribution in [3.8, 4) is 0 Å². The number of carbonyl (C=O) groups is 1. The van der Waals surface area contributed by atoms with E-state index in [1.54, 1.807) is 18.2 Å². The van der Waals surface area contributed by atoms with E-state index in [1.165, 1.54) is 6.07 Å². The molecule has 3 nitrogen and oxygen atoms in total. The lowest BCUT2D eigenvalue weighted by molar-refractivity contribution is -0.170. The summed E-state index contributed by atoms with van der Waals surface area (Å²) < 4.78 is 37.9. The van der Waals surface area contributed by atoms with Crippen LogP contribution in [0.15, 0.2) is 28.7 Å². The monoisotopic (exact) mass is 324 g/mol. The van der Waals surface area contributed by atoms with E-state index in [0.29, 0.717) is 15.8 Å². The first-order chi connectivity index (χ1) is 8.38. The molecular formula is C11H12BrF3N2O. The number of para-hydroxylation sites is 1. The lowest BCUT2D eigenvalue weighted by Crippen LogP contribution is -2.42. The number of benzene rings is 1. The highest BCUT2D eigenvalue weighted by Gasteiger charge is 2.43. The van der Waals surface area contributed by atoms with Crippen LogP contribution < -0.4 is 10.6 Å². The summed E-state index contributed by atoms with van der Waals surface area (Å²) in [5.41, 5.74) is 5.46. The number of hydrogen-bond acceptors (Lipinski definition) is 2. The molecule has 0 fully saturated rings. The van der Waals surface area contributed by atoms with Gasteiger partial charge < -0.3 is 10.6 Å². The molecule has 1 aromatic rings. The van der Waals surface area contributed by atoms with E-state index in [2.05, 4.69) is 15.9 Å². The number of alkyl halides is 3. The second-order valence-electron chi connectivity index (χ2n) is 3.55. The average molecular weight is 325 g/mol. The van der Waals surface area contributed by atoms with Crippen LogP contribution in [0.3, 0.4) is 0 Å². The van der Waals surface area contributed by atoms with Crippen LogP contribution >= 0.6 is 15.9 Å². The molecule has 0 bridgehead atoms. The summed E-state index contributed by atoms with van der Waals surface area (Å²) in [6, 6.07) is 6.25. The van der Waals surface area contributed by atoms with Gasteiger partial charge in [0.15, 0.2) is 0 Å². The Bertz CT molecular complexity index is 423. The van der Waals surface area contributed by atoms with Crippen LogP contribution in [-0.2, 0) is 4.79 Å². The molecule has 0 saturated heterocycles. The van der Waals surface area contributed by atoms with Gasteiger partial charge in [0.05, 0.1) is 5.69 Å². The van der Waals surface area contributed by atoms with Crippen molar-refractivity contribution in [3.63, 3.8) is 0 Å². The summed E-state index contributed by atoms with van der Waals surface area (Å²) in [5, 5.41) is 0. The fraction of sp³-hybridized carbons (Fsp3) is 0.364. The maximum absolute atomic E-state index is 12.5. The number of nitrogens with two attached hydrogens (primary N) is 1. The molecule has 0 radical (unpaired) electrons. The van der Waals surface area contributed by atoms with Crippen LogP contribution in [0.25, 0.3) is 0 Å². The van der Waals surface area contributed by atoms with Crippen LogP contribution in [0.5, 0.6) is 0 Å². The molecule has 100 valence electrons. The second-order valence-corrected chi connectivity index (χ2v) is 4.40. The molecule has 0 aliphatic carbocycles. The highest BCUT2D eigenvalue weighted by Crippen LogP contribution is 2.29. The maximum Gasteiger partial charge on any atom is 0.471 e. The molecule has 18 heavy (non-hydrogen) atoms. The Hall–Kier alpha value is -1.08. The minimum Gasteiger partial charge on any atom is -0.330 e. The van der Waals surface area contributed by atoms with E-state index in [0.717, 1.165) is 0 Å². The molecule has 7 heteroatoms. The van der Waals surface area contributed by atoms with Gasteiger partial charge in [-0.3, -0.25) is 4.79 Å². The predicted molar refractivity (Wildman–Crippen MR) is 66.2 cm³/mol. The Balaban J connectivity index is 3.06. The number of hydrogen-bond donors (Lipinski definition) is 1. The van der Waals surface area contributed by atoms with Gasteiger partial charge in [-0.25, -0.2) is 0 Å². The number of rotatable bonds is 4. The van der Waals surface area contributed by atoms with E-state index < -0.39 is 12.1 Å². The van der Waals surface area contributed by atoms with E-state index >= 15 is 0 Å². The van der Waals surface area contributed by atoms with Crippen molar-refractivity contribution in [2.75, 3.05) is 18.0 Å². The molecular weight excluding hydrogens is 313 g/mol. The molecule has 0 spiro atoms. The summed E-state index contributed by atoms with van der Waals surface area (Å²) in [6.07, 6.45) is -4.60. The third-order valence-corrected chi connectivity index (χ3v) is 2.89. The molecule has 0 aliphatic heterocycles. The number of amides is 1. The van der Waals surface area contributed by atoms with Crippen molar-refractivity contribution in [1.82, 2.24) is 0 Å². The van der Waals surface area contributed by atoms with E-state index in [1.807, 2.05) is 0 Å². The van der Waals surface area contributed by atoms with Gasteiger partial charge >= 0.3 is 12.1 Å². The minimum atomic E-state index is -4.90. The molecule has 0 saturated carbocycles. The summed E-state index contributed by atoms with van der Waals surface area (Å²) in [5.74, 6) is -1.89. The van der Waals surface area contributed by atoms with Crippen LogP contribution in [0.2, 0.25) is 0 Å². The molecule has 1 rings (SSSR count). The van der Waals surface area contributed by atoms with Crippen molar-refractivity contribution in [2.45, 2.75) is 12.6 Å². The minimum absolute atomic E-state index is 0.0720. The van der Waals surface area contributed by atoms with Gasteiger partial charge in [0.1, 0.15) is 0 Å². The Kier molecular flexibility index (Phi) is 5.15. The Morgan fingerprint density at radius 3 is 2.44 bits per heavy atom. The highest BCUT2D eigenvalue weighted by atomic mass is 79.9. The van der Waals surface area contributed by atoms with Crippen LogP contribution in [-0.4, -0.2) is 25.2 Å². The second kappa shape index (κ2) is 6.19. The average Bonchev–Trinajstić information content (AvgIpc) is 2.30. The molecule has 0 aliphatic rings. The van der Waals surface area contributed by atoms with Crippen molar-refractivity contribution in [3.05, 3.63) is 28.7 Å². The molecule has 0 aromatic heterocycles. The van der Waals surface area contributed by atoms with Crippen LogP contribution in [0.4, 0.5) is 18.9 Å². The summed E-state index contributed by atoms with van der Waals surface area (Å²) in [6.45, 7) is 0.142. The van der Waals surface area contributed by atoms with Gasteiger partial charge in [0.25, 0.3) is 0 Å². The Morgan fingerprint density at radius 2 is 1.94 bits per heavy atom. The zero-order valence-electron chi connectivity index (χ0n) is 9.38. The molecule has 2 N–H and O–H groups in total. The molecule has 1 amide bonds. The zero-order chi connectivity index (χ0) is 13.8. The summed E-state index contributed by atoms with van der Waals surface area (Å²) in [4.78, 5) is 12.1. The number of halogens is 4. The Morgan fingerprint density at radius 1 is 1.33 bits per heavy atom. The SMILES string of the molecule is NCCCN(C(=O)C(F)(F)F)c1ccccc1Br. The largest absolute Gasteiger partial charge is 0.471 e. The van der Waals surface area contributed by atoms with Gasteiger partial charge in [-0.15, -0.1) is 0 Å². The fourth-order valence-electron chi connectivity index (χ4n) is 1.40. The normalized spacial score (nSPS) is 11.4. The van der Waals surface area contributed by atoms with E-state index in [9.17, 15) is 18.0 Å². The Labute approximate surface area is 111 Å². The lowest BCUT2D eigenvalue weighted by Gasteiger charge is -2.24. The first-order valence-corrected chi connectivity index (χ1v) is 6.00. The molecule has 0 atom stereocenters. The van der Waals surface area contributed by atoms with Crippen molar-refractivity contribution in [2.24, 2.45) is 5.73 Å². The molecule has 0 heterocycles. The fourth-order valence-corrected chi connectivity index (χ4v) is 1.90. The van der Waals surface area contributed by atoms with Crippen molar-refractivity contribution < 1.29 is 18.0 Å². The van der Waals surface area contributed by atoms with Crippen molar-refractivity contribution in [1.29, 1.82) is 0 Å². The standard InChI is InChI=1S/C11H12BrF3N2O/c12-8-4-1-2-5-9(8)17(7-3-6-16)10(18)11(13,14)15/h1-2,4-5H,3,6-7,16H2. The van der Waals surface area contributed by atoms with Crippen LogP contribution in [0.1, 0.15) is 6.42 Å². The number of nitrogens with zero attached hydrogens (tertiary/aromatic N) is 1. The van der Waals surface area contributed by atoms with Crippen LogP contribution in [0, 0.1) is 0 Å². The summed E-state index contributed by atoms with van der Waals surface area (Å²) >= 11 is 3.13. The quantitative estimate of drug-likeness (QED) is 0.925. The summed E-state index contributed by atoms with van der Waals surface area (Å²) in [7, 11) is 0. The maximum atomic E-state index is 12.5.